The number of amides is 1. The number of piperidine rings is 1. The first kappa shape index (κ1) is 20.1. The lowest BCUT2D eigenvalue weighted by molar-refractivity contribution is -0.137. The standard InChI is InChI=1S/C19H30N4O3S/c1-16(21-10-8-17(9-11-21)20-27(2,25)26)19(24)23-14-12-22(13-15-23)18-6-4-3-5-7-18/h3-7,16-17,20H,8-15H2,1-2H3. The highest BCUT2D eigenvalue weighted by Gasteiger charge is 2.31. The van der Waals surface area contributed by atoms with Gasteiger partial charge in [-0.15, -0.1) is 0 Å². The van der Waals surface area contributed by atoms with Crippen molar-refractivity contribution in [1.82, 2.24) is 14.5 Å². The van der Waals surface area contributed by atoms with Gasteiger partial charge in [0.1, 0.15) is 0 Å². The molecule has 1 amide bonds. The Morgan fingerprint density at radius 1 is 1.04 bits per heavy atom. The van der Waals surface area contributed by atoms with Crippen molar-refractivity contribution in [3.63, 3.8) is 0 Å². The van der Waals surface area contributed by atoms with Gasteiger partial charge in [-0.2, -0.15) is 0 Å². The van der Waals surface area contributed by atoms with E-state index in [0.717, 1.165) is 52.1 Å². The SMILES string of the molecule is CC(C(=O)N1CCN(c2ccccc2)CC1)N1CCC(NS(C)(=O)=O)CC1. The minimum Gasteiger partial charge on any atom is -0.368 e. The van der Waals surface area contributed by atoms with Gasteiger partial charge in [-0.1, -0.05) is 18.2 Å². The van der Waals surface area contributed by atoms with Crippen LogP contribution in [0.1, 0.15) is 19.8 Å². The van der Waals surface area contributed by atoms with E-state index < -0.39 is 10.0 Å². The van der Waals surface area contributed by atoms with Crippen molar-refractivity contribution in [1.29, 1.82) is 0 Å². The zero-order valence-electron chi connectivity index (χ0n) is 16.2. The highest BCUT2D eigenvalue weighted by Crippen LogP contribution is 2.18. The van der Waals surface area contributed by atoms with Gasteiger partial charge in [-0.05, 0) is 31.9 Å². The van der Waals surface area contributed by atoms with Crippen LogP contribution in [0.25, 0.3) is 0 Å². The van der Waals surface area contributed by atoms with E-state index in [-0.39, 0.29) is 18.0 Å². The second kappa shape index (κ2) is 8.58. The number of para-hydroxylation sites is 1. The number of hydrogen-bond acceptors (Lipinski definition) is 5. The van der Waals surface area contributed by atoms with Crippen molar-refractivity contribution in [2.24, 2.45) is 0 Å². The molecule has 27 heavy (non-hydrogen) atoms. The number of sulfonamides is 1. The van der Waals surface area contributed by atoms with Crippen molar-refractivity contribution >= 4 is 21.6 Å². The molecule has 150 valence electrons. The fourth-order valence-corrected chi connectivity index (χ4v) is 4.79. The van der Waals surface area contributed by atoms with Crippen molar-refractivity contribution in [2.45, 2.75) is 31.8 Å². The minimum absolute atomic E-state index is 0.0204. The predicted octanol–water partition coefficient (Wildman–Crippen LogP) is 0.737. The topological polar surface area (TPSA) is 73.0 Å². The van der Waals surface area contributed by atoms with Crippen molar-refractivity contribution < 1.29 is 13.2 Å². The highest BCUT2D eigenvalue weighted by molar-refractivity contribution is 7.88. The number of anilines is 1. The molecule has 2 saturated heterocycles. The van der Waals surface area contributed by atoms with Crippen LogP contribution in [0.15, 0.2) is 30.3 Å². The zero-order chi connectivity index (χ0) is 19.4. The molecule has 1 N–H and O–H groups in total. The first-order valence-corrected chi connectivity index (χ1v) is 11.5. The minimum atomic E-state index is -3.17. The van der Waals surface area contributed by atoms with E-state index in [4.69, 9.17) is 0 Å². The van der Waals surface area contributed by atoms with Crippen LogP contribution in [-0.2, 0) is 14.8 Å². The summed E-state index contributed by atoms with van der Waals surface area (Å²) < 4.78 is 25.4. The molecule has 1 unspecified atom stereocenters. The van der Waals surface area contributed by atoms with Gasteiger partial charge < -0.3 is 9.80 Å². The zero-order valence-corrected chi connectivity index (χ0v) is 17.0. The Hall–Kier alpha value is -1.64. The summed E-state index contributed by atoms with van der Waals surface area (Å²) in [5.41, 5.74) is 1.21. The maximum Gasteiger partial charge on any atom is 0.239 e. The number of benzene rings is 1. The summed E-state index contributed by atoms with van der Waals surface area (Å²) in [5.74, 6) is 0.178. The second-order valence-corrected chi connectivity index (χ2v) is 9.30. The van der Waals surface area contributed by atoms with Gasteiger partial charge in [0, 0.05) is 51.0 Å². The van der Waals surface area contributed by atoms with E-state index in [1.54, 1.807) is 0 Å². The molecule has 2 aliphatic rings. The van der Waals surface area contributed by atoms with E-state index >= 15 is 0 Å². The monoisotopic (exact) mass is 394 g/mol. The van der Waals surface area contributed by atoms with E-state index in [2.05, 4.69) is 26.7 Å². The third kappa shape index (κ3) is 5.43. The van der Waals surface area contributed by atoms with Gasteiger partial charge in [-0.3, -0.25) is 9.69 Å². The molecule has 2 fully saturated rings. The molecule has 0 spiro atoms. The Morgan fingerprint density at radius 3 is 2.19 bits per heavy atom. The van der Waals surface area contributed by atoms with Gasteiger partial charge in [0.25, 0.3) is 0 Å². The third-order valence-electron chi connectivity index (χ3n) is 5.53. The Kier molecular flexibility index (Phi) is 6.39. The van der Waals surface area contributed by atoms with Gasteiger partial charge in [-0.25, -0.2) is 13.1 Å². The average molecular weight is 395 g/mol. The molecule has 1 aromatic carbocycles. The number of nitrogens with one attached hydrogen (secondary N) is 1. The number of hydrogen-bond donors (Lipinski definition) is 1. The third-order valence-corrected chi connectivity index (χ3v) is 6.29. The van der Waals surface area contributed by atoms with Crippen molar-refractivity contribution in [3.8, 4) is 0 Å². The van der Waals surface area contributed by atoms with E-state index in [9.17, 15) is 13.2 Å². The molecule has 0 aromatic heterocycles. The lowest BCUT2D eigenvalue weighted by Gasteiger charge is -2.40. The predicted molar refractivity (Wildman–Crippen MR) is 107 cm³/mol. The molecular weight excluding hydrogens is 364 g/mol. The molecule has 0 saturated carbocycles. The quantitative estimate of drug-likeness (QED) is 0.797. The number of nitrogens with zero attached hydrogens (tertiary/aromatic N) is 3. The maximum atomic E-state index is 12.9. The molecule has 1 atom stereocenters. The first-order chi connectivity index (χ1) is 12.8. The summed E-state index contributed by atoms with van der Waals surface area (Å²) >= 11 is 0. The molecule has 0 bridgehead atoms. The summed E-state index contributed by atoms with van der Waals surface area (Å²) in [7, 11) is -3.17. The van der Waals surface area contributed by atoms with E-state index in [1.165, 1.54) is 11.9 Å². The molecule has 3 rings (SSSR count). The number of carbonyl (C=O) groups is 1. The fourth-order valence-electron chi connectivity index (χ4n) is 3.95. The van der Waals surface area contributed by atoms with Crippen molar-refractivity contribution in [2.75, 3.05) is 50.4 Å². The molecule has 7 nitrogen and oxygen atoms in total. The summed E-state index contributed by atoms with van der Waals surface area (Å²) in [5, 5.41) is 0. The van der Waals surface area contributed by atoms with Crippen LogP contribution >= 0.6 is 0 Å². The smallest absolute Gasteiger partial charge is 0.239 e. The van der Waals surface area contributed by atoms with Crippen LogP contribution in [0.3, 0.4) is 0 Å². The van der Waals surface area contributed by atoms with E-state index in [0.29, 0.717) is 0 Å². The normalized spacial score (nSPS) is 21.3. The van der Waals surface area contributed by atoms with E-state index in [1.807, 2.05) is 30.0 Å². The lowest BCUT2D eigenvalue weighted by Crippen LogP contribution is -2.56. The summed E-state index contributed by atoms with van der Waals surface area (Å²) in [6, 6.07) is 10.1. The first-order valence-electron chi connectivity index (χ1n) is 9.63. The number of likely N-dealkylation sites (tertiary alicyclic amines) is 1. The van der Waals surface area contributed by atoms with Crippen LogP contribution < -0.4 is 9.62 Å². The maximum absolute atomic E-state index is 12.9. The molecule has 8 heteroatoms. The van der Waals surface area contributed by atoms with Crippen LogP contribution in [-0.4, -0.2) is 81.7 Å². The number of piperazine rings is 1. The van der Waals surface area contributed by atoms with Gasteiger partial charge in [0.2, 0.25) is 15.9 Å². The molecule has 0 aliphatic carbocycles. The van der Waals surface area contributed by atoms with Crippen LogP contribution in [0.2, 0.25) is 0 Å². The molecule has 2 heterocycles. The highest BCUT2D eigenvalue weighted by atomic mass is 32.2. The van der Waals surface area contributed by atoms with Crippen LogP contribution in [0, 0.1) is 0 Å². The molecule has 0 radical (unpaired) electrons. The Morgan fingerprint density at radius 2 is 1.63 bits per heavy atom. The molecule has 1 aromatic rings. The Balaban J connectivity index is 1.47. The lowest BCUT2D eigenvalue weighted by atomic mass is 10.0. The number of carbonyl (C=O) groups excluding carboxylic acids is 1. The molecule has 2 aliphatic heterocycles. The summed E-state index contributed by atoms with van der Waals surface area (Å²) in [6.45, 7) is 6.63. The Bertz CT molecular complexity index is 725. The van der Waals surface area contributed by atoms with Gasteiger partial charge >= 0.3 is 0 Å². The van der Waals surface area contributed by atoms with Gasteiger partial charge in [0.05, 0.1) is 12.3 Å². The molecular formula is C19H30N4O3S. The van der Waals surface area contributed by atoms with Crippen molar-refractivity contribution in [3.05, 3.63) is 30.3 Å². The fraction of sp³-hybridized carbons (Fsp3) is 0.632. The summed E-state index contributed by atoms with van der Waals surface area (Å²) in [6.07, 6.45) is 2.68. The van der Waals surface area contributed by atoms with Crippen LogP contribution in [0.5, 0.6) is 0 Å². The van der Waals surface area contributed by atoms with Gasteiger partial charge in [0.15, 0.2) is 0 Å². The largest absolute Gasteiger partial charge is 0.368 e. The number of rotatable bonds is 5. The van der Waals surface area contributed by atoms with Crippen LogP contribution in [0.4, 0.5) is 5.69 Å². The Labute approximate surface area is 162 Å². The second-order valence-electron chi connectivity index (χ2n) is 7.52. The summed E-state index contributed by atoms with van der Waals surface area (Å²) in [4.78, 5) is 19.4. The average Bonchev–Trinajstić information content (AvgIpc) is 2.67.